The van der Waals surface area contributed by atoms with Crippen molar-refractivity contribution in [3.63, 3.8) is 0 Å². The molecule has 0 aliphatic carbocycles. The number of piperazine rings is 1. The third kappa shape index (κ3) is 4.62. The molecule has 2 aliphatic rings. The van der Waals surface area contributed by atoms with Gasteiger partial charge in [0.25, 0.3) is 0 Å². The Morgan fingerprint density at radius 3 is 2.90 bits per heavy atom. The van der Waals surface area contributed by atoms with E-state index in [9.17, 15) is 4.79 Å². The maximum Gasteiger partial charge on any atom is 0.243 e. The number of anilines is 2. The molecule has 3 heterocycles. The second-order valence-electron chi connectivity index (χ2n) is 7.07. The van der Waals surface area contributed by atoms with Gasteiger partial charge in [-0.3, -0.25) is 4.79 Å². The summed E-state index contributed by atoms with van der Waals surface area (Å²) < 4.78 is 0. The number of nitrogens with zero attached hydrogens (tertiary/aromatic N) is 3. The number of thioether (sulfide) groups is 1. The Kier molecular flexibility index (Phi) is 6.17. The van der Waals surface area contributed by atoms with Crippen LogP contribution in [-0.2, 0) is 4.79 Å². The van der Waals surface area contributed by atoms with E-state index in [0.717, 1.165) is 54.3 Å². The minimum atomic E-state index is -0.276. The number of amides is 1. The van der Waals surface area contributed by atoms with Crippen molar-refractivity contribution in [2.45, 2.75) is 6.04 Å². The molecule has 4 N–H and O–H groups in total. The molecule has 2 aromatic rings. The molecule has 1 aromatic heterocycles. The van der Waals surface area contributed by atoms with Crippen LogP contribution < -0.4 is 21.3 Å². The molecule has 0 radical (unpaired) electrons. The van der Waals surface area contributed by atoms with Crippen molar-refractivity contribution in [2.24, 2.45) is 0 Å². The van der Waals surface area contributed by atoms with Gasteiger partial charge in [0.1, 0.15) is 11.9 Å². The average molecular weight is 451 g/mol. The fourth-order valence-electron chi connectivity index (χ4n) is 3.61. The first-order chi connectivity index (χ1) is 14.0. The van der Waals surface area contributed by atoms with Gasteiger partial charge in [0.15, 0.2) is 5.11 Å². The molecular formula is C19H23ClN6OS2. The highest BCUT2D eigenvalue weighted by molar-refractivity contribution is 7.99. The van der Waals surface area contributed by atoms with Crippen LogP contribution in [0.2, 0.25) is 5.02 Å². The number of thiocarbonyl (C=S) groups is 1. The molecule has 4 rings (SSSR count). The summed E-state index contributed by atoms with van der Waals surface area (Å²) in [5.74, 6) is 2.17. The summed E-state index contributed by atoms with van der Waals surface area (Å²) >= 11 is 13.5. The molecule has 154 valence electrons. The van der Waals surface area contributed by atoms with E-state index in [0.29, 0.717) is 22.5 Å². The van der Waals surface area contributed by atoms with Gasteiger partial charge in [-0.25, -0.2) is 4.98 Å². The minimum absolute atomic E-state index is 0.0216. The Labute approximate surface area is 184 Å². The number of nitrogens with one attached hydrogen (secondary N) is 2. The number of fused-ring (bicyclic) bond motifs is 1. The Morgan fingerprint density at radius 1 is 1.31 bits per heavy atom. The van der Waals surface area contributed by atoms with E-state index in [2.05, 4.69) is 25.4 Å². The Morgan fingerprint density at radius 2 is 2.10 bits per heavy atom. The number of carbonyl (C=O) groups is 1. The summed E-state index contributed by atoms with van der Waals surface area (Å²) in [5.41, 5.74) is 7.88. The van der Waals surface area contributed by atoms with Crippen LogP contribution in [0.15, 0.2) is 24.3 Å². The normalized spacial score (nSPS) is 20.3. The van der Waals surface area contributed by atoms with Crippen molar-refractivity contribution in [1.82, 2.24) is 20.5 Å². The third-order valence-electron chi connectivity index (χ3n) is 5.12. The molecule has 0 spiro atoms. The summed E-state index contributed by atoms with van der Waals surface area (Å²) in [6.45, 7) is 3.85. The van der Waals surface area contributed by atoms with E-state index >= 15 is 0 Å². The smallest absolute Gasteiger partial charge is 0.243 e. The van der Waals surface area contributed by atoms with E-state index < -0.39 is 0 Å². The van der Waals surface area contributed by atoms with Gasteiger partial charge in [-0.1, -0.05) is 11.6 Å². The quantitative estimate of drug-likeness (QED) is 0.596. The number of nitrogens with two attached hydrogens (primary N) is 1. The first-order valence-corrected chi connectivity index (χ1v) is 11.5. The summed E-state index contributed by atoms with van der Waals surface area (Å²) in [4.78, 5) is 21.0. The van der Waals surface area contributed by atoms with Gasteiger partial charge in [0.2, 0.25) is 5.91 Å². The van der Waals surface area contributed by atoms with E-state index in [1.165, 1.54) is 0 Å². The summed E-state index contributed by atoms with van der Waals surface area (Å²) in [6, 6.07) is 7.33. The fourth-order valence-corrected chi connectivity index (χ4v) is 4.98. The maximum absolute atomic E-state index is 12.1. The average Bonchev–Trinajstić information content (AvgIpc) is 2.91. The lowest BCUT2D eigenvalue weighted by atomic mass is 10.1. The molecule has 1 aromatic carbocycles. The molecule has 29 heavy (non-hydrogen) atoms. The highest BCUT2D eigenvalue weighted by Crippen LogP contribution is 2.30. The van der Waals surface area contributed by atoms with Crippen LogP contribution in [0.4, 0.5) is 11.5 Å². The molecule has 2 saturated heterocycles. The number of rotatable bonds is 2. The van der Waals surface area contributed by atoms with Crippen molar-refractivity contribution < 1.29 is 4.79 Å². The minimum Gasteiger partial charge on any atom is -0.384 e. The van der Waals surface area contributed by atoms with E-state index in [1.54, 1.807) is 11.8 Å². The van der Waals surface area contributed by atoms with Crippen molar-refractivity contribution in [3.05, 3.63) is 29.3 Å². The Bertz CT molecular complexity index is 929. The zero-order chi connectivity index (χ0) is 20.4. The zero-order valence-corrected chi connectivity index (χ0v) is 18.2. The highest BCUT2D eigenvalue weighted by Gasteiger charge is 2.26. The molecular weight excluding hydrogens is 428 g/mol. The highest BCUT2D eigenvalue weighted by atomic mass is 35.5. The third-order valence-corrected chi connectivity index (χ3v) is 6.79. The van der Waals surface area contributed by atoms with Crippen LogP contribution >= 0.6 is 35.6 Å². The summed E-state index contributed by atoms with van der Waals surface area (Å²) in [6.07, 6.45) is 0. The van der Waals surface area contributed by atoms with Crippen LogP contribution in [0, 0.1) is 0 Å². The lowest BCUT2D eigenvalue weighted by molar-refractivity contribution is -0.122. The van der Waals surface area contributed by atoms with Gasteiger partial charge < -0.3 is 26.2 Å². The molecule has 2 aliphatic heterocycles. The molecule has 0 bridgehead atoms. The van der Waals surface area contributed by atoms with Gasteiger partial charge in [-0.2, -0.15) is 11.8 Å². The number of hydrogen-bond acceptors (Lipinski definition) is 6. The number of benzene rings is 1. The van der Waals surface area contributed by atoms with Gasteiger partial charge >= 0.3 is 0 Å². The number of nitrogen functional groups attached to an aromatic ring is 1. The Balaban J connectivity index is 1.42. The zero-order valence-electron chi connectivity index (χ0n) is 15.9. The van der Waals surface area contributed by atoms with Crippen LogP contribution in [-0.4, -0.2) is 71.2 Å². The second-order valence-corrected chi connectivity index (χ2v) is 9.04. The van der Waals surface area contributed by atoms with Crippen LogP contribution in [0.25, 0.3) is 10.9 Å². The van der Waals surface area contributed by atoms with Gasteiger partial charge in [-0.05, 0) is 30.4 Å². The first kappa shape index (κ1) is 20.3. The number of aromatic nitrogens is 1. The van der Waals surface area contributed by atoms with Crippen molar-refractivity contribution in [2.75, 3.05) is 54.9 Å². The largest absolute Gasteiger partial charge is 0.384 e. The van der Waals surface area contributed by atoms with Gasteiger partial charge in [0, 0.05) is 66.4 Å². The molecule has 2 fully saturated rings. The van der Waals surface area contributed by atoms with E-state index in [-0.39, 0.29) is 11.9 Å². The van der Waals surface area contributed by atoms with Crippen LogP contribution in [0.1, 0.15) is 0 Å². The molecule has 7 nitrogen and oxygen atoms in total. The van der Waals surface area contributed by atoms with Crippen molar-refractivity contribution in [1.29, 1.82) is 0 Å². The van der Waals surface area contributed by atoms with Crippen LogP contribution in [0.5, 0.6) is 0 Å². The lowest BCUT2D eigenvalue weighted by Crippen LogP contribution is -2.56. The number of halogens is 1. The van der Waals surface area contributed by atoms with Gasteiger partial charge in [-0.15, -0.1) is 0 Å². The predicted octanol–water partition coefficient (Wildman–Crippen LogP) is 1.70. The van der Waals surface area contributed by atoms with Crippen molar-refractivity contribution >= 4 is 69.0 Å². The summed E-state index contributed by atoms with van der Waals surface area (Å²) in [7, 11) is 0. The van der Waals surface area contributed by atoms with Crippen molar-refractivity contribution in [3.8, 4) is 0 Å². The SMILES string of the molecule is Nc1cc(N2CCN(C(=S)NC3CSCCNC3=O)CC2)c2ccc(Cl)cc2n1. The lowest BCUT2D eigenvalue weighted by Gasteiger charge is -2.38. The number of carbonyl (C=O) groups excluding carboxylic acids is 1. The maximum atomic E-state index is 12.1. The van der Waals surface area contributed by atoms with Gasteiger partial charge in [0.05, 0.1) is 5.52 Å². The molecule has 10 heteroatoms. The fraction of sp³-hybridized carbons (Fsp3) is 0.421. The monoisotopic (exact) mass is 450 g/mol. The predicted molar refractivity (Wildman–Crippen MR) is 125 cm³/mol. The van der Waals surface area contributed by atoms with Crippen LogP contribution in [0.3, 0.4) is 0 Å². The molecule has 1 amide bonds. The Hall–Kier alpha value is -1.97. The molecule has 0 saturated carbocycles. The number of hydrogen-bond donors (Lipinski definition) is 3. The van der Waals surface area contributed by atoms with E-state index in [1.807, 2.05) is 24.3 Å². The number of pyridine rings is 1. The standard InChI is InChI=1S/C19H23ClN6OS2/c20-12-1-2-13-14(9-12)23-17(21)10-16(13)25-4-6-26(7-5-25)19(28)24-15-11-29-8-3-22-18(15)27/h1-2,9-10,15H,3-8,11H2,(H2,21,23)(H,22,27)(H,24,28). The summed E-state index contributed by atoms with van der Waals surface area (Å²) in [5, 5.41) is 8.47. The molecule has 1 atom stereocenters. The van der Waals surface area contributed by atoms with E-state index in [4.69, 9.17) is 29.6 Å². The second kappa shape index (κ2) is 8.81. The molecule has 1 unspecified atom stereocenters. The first-order valence-electron chi connectivity index (χ1n) is 9.53. The topological polar surface area (TPSA) is 86.5 Å².